The predicted molar refractivity (Wildman–Crippen MR) is 70.1 cm³/mol. The van der Waals surface area contributed by atoms with Gasteiger partial charge in [-0.25, -0.2) is 0 Å². The number of hydrogen-bond donors (Lipinski definition) is 1. The Kier molecular flexibility index (Phi) is 3.72. The van der Waals surface area contributed by atoms with Crippen LogP contribution in [0.25, 0.3) is 0 Å². The summed E-state index contributed by atoms with van der Waals surface area (Å²) >= 11 is 3.26. The summed E-state index contributed by atoms with van der Waals surface area (Å²) in [5, 5.41) is 9.74. The molecule has 3 nitrogen and oxygen atoms in total. The highest BCUT2D eigenvalue weighted by atomic mass is 79.9. The molecular weight excluding hydrogens is 282 g/mol. The van der Waals surface area contributed by atoms with Gasteiger partial charge in [-0.1, -0.05) is 22.4 Å². The Hall–Kier alpha value is -1.03. The molecule has 1 aromatic carbocycles. The first-order chi connectivity index (χ1) is 8.08. The van der Waals surface area contributed by atoms with Crippen molar-refractivity contribution in [3.8, 4) is 5.75 Å². The van der Waals surface area contributed by atoms with Crippen molar-refractivity contribution in [1.82, 2.24) is 4.90 Å². The summed E-state index contributed by atoms with van der Waals surface area (Å²) < 4.78 is 0.771. The van der Waals surface area contributed by atoms with Crippen molar-refractivity contribution < 1.29 is 9.90 Å². The molecule has 0 heterocycles. The van der Waals surface area contributed by atoms with Crippen molar-refractivity contribution in [2.45, 2.75) is 19.3 Å². The Bertz CT molecular complexity index is 429. The summed E-state index contributed by atoms with van der Waals surface area (Å²) in [5.41, 5.74) is 0.370. The van der Waals surface area contributed by atoms with Crippen molar-refractivity contribution >= 4 is 21.8 Å². The zero-order valence-electron chi connectivity index (χ0n) is 9.82. The number of phenols is 1. The molecule has 1 fully saturated rings. The van der Waals surface area contributed by atoms with Gasteiger partial charge in [-0.2, -0.15) is 0 Å². The van der Waals surface area contributed by atoms with Gasteiger partial charge in [-0.05, 0) is 37.0 Å². The van der Waals surface area contributed by atoms with Crippen molar-refractivity contribution in [3.05, 3.63) is 28.2 Å². The van der Waals surface area contributed by atoms with E-state index in [1.54, 1.807) is 30.1 Å². The highest BCUT2D eigenvalue weighted by Gasteiger charge is 2.23. The number of hydrogen-bond acceptors (Lipinski definition) is 2. The standard InChI is InChI=1S/C13H16BrNO2/c1-15(8-9-3-2-4-9)13(17)11-6-5-10(14)7-12(11)16/h5-7,9,16H,2-4,8H2,1H3. The van der Waals surface area contributed by atoms with E-state index >= 15 is 0 Å². The molecule has 1 amide bonds. The predicted octanol–water partition coefficient (Wildman–Crippen LogP) is 3.03. The van der Waals surface area contributed by atoms with Gasteiger partial charge in [0, 0.05) is 18.1 Å². The van der Waals surface area contributed by atoms with Gasteiger partial charge < -0.3 is 10.0 Å². The molecule has 4 heteroatoms. The number of carbonyl (C=O) groups is 1. The van der Waals surface area contributed by atoms with Crippen molar-refractivity contribution in [1.29, 1.82) is 0 Å². The summed E-state index contributed by atoms with van der Waals surface area (Å²) in [6.07, 6.45) is 3.70. The fourth-order valence-electron chi connectivity index (χ4n) is 2.04. The number of amides is 1. The van der Waals surface area contributed by atoms with Crippen LogP contribution in [0, 0.1) is 5.92 Å². The molecule has 1 aromatic rings. The monoisotopic (exact) mass is 297 g/mol. The van der Waals surface area contributed by atoms with Crippen LogP contribution in [-0.4, -0.2) is 29.5 Å². The molecule has 0 aliphatic heterocycles. The third-order valence-electron chi connectivity index (χ3n) is 3.29. The van der Waals surface area contributed by atoms with Gasteiger partial charge in [0.2, 0.25) is 0 Å². The molecule has 0 spiro atoms. The first-order valence-corrected chi connectivity index (χ1v) is 6.61. The Balaban J connectivity index is 2.07. The Morgan fingerprint density at radius 1 is 1.53 bits per heavy atom. The van der Waals surface area contributed by atoms with Crippen LogP contribution in [0.3, 0.4) is 0 Å². The normalized spacial score (nSPS) is 15.4. The number of aromatic hydroxyl groups is 1. The molecule has 1 saturated carbocycles. The molecule has 0 aromatic heterocycles. The van der Waals surface area contributed by atoms with E-state index in [2.05, 4.69) is 15.9 Å². The van der Waals surface area contributed by atoms with E-state index in [0.717, 1.165) is 11.0 Å². The highest BCUT2D eigenvalue weighted by Crippen LogP contribution is 2.28. The van der Waals surface area contributed by atoms with E-state index in [0.29, 0.717) is 11.5 Å². The van der Waals surface area contributed by atoms with Gasteiger partial charge in [-0.15, -0.1) is 0 Å². The Labute approximate surface area is 110 Å². The largest absolute Gasteiger partial charge is 0.507 e. The number of nitrogens with zero attached hydrogens (tertiary/aromatic N) is 1. The maximum absolute atomic E-state index is 12.1. The number of rotatable bonds is 3. The van der Waals surface area contributed by atoms with Crippen LogP contribution < -0.4 is 0 Å². The fraction of sp³-hybridized carbons (Fsp3) is 0.462. The average molecular weight is 298 g/mol. The van der Waals surface area contributed by atoms with E-state index in [-0.39, 0.29) is 11.7 Å². The van der Waals surface area contributed by atoms with E-state index in [1.807, 2.05) is 0 Å². The first kappa shape index (κ1) is 12.4. The number of benzene rings is 1. The molecular formula is C13H16BrNO2. The molecule has 2 rings (SSSR count). The summed E-state index contributed by atoms with van der Waals surface area (Å²) in [4.78, 5) is 13.8. The van der Waals surface area contributed by atoms with Crippen LogP contribution in [0.5, 0.6) is 5.75 Å². The quantitative estimate of drug-likeness (QED) is 0.932. The van der Waals surface area contributed by atoms with Crippen molar-refractivity contribution in [3.63, 3.8) is 0 Å². The molecule has 0 atom stereocenters. The smallest absolute Gasteiger partial charge is 0.257 e. The van der Waals surface area contributed by atoms with Crippen LogP contribution in [-0.2, 0) is 0 Å². The minimum absolute atomic E-state index is 0.0323. The molecule has 0 radical (unpaired) electrons. The SMILES string of the molecule is CN(CC1CCC1)C(=O)c1ccc(Br)cc1O. The lowest BCUT2D eigenvalue weighted by Gasteiger charge is -2.30. The number of phenolic OH excluding ortho intramolecular Hbond substituents is 1. The molecule has 0 bridgehead atoms. The van der Waals surface area contributed by atoms with Gasteiger partial charge in [0.25, 0.3) is 5.91 Å². The molecule has 0 unspecified atom stereocenters. The molecule has 0 saturated heterocycles. The highest BCUT2D eigenvalue weighted by molar-refractivity contribution is 9.10. The van der Waals surface area contributed by atoms with Crippen LogP contribution in [0.1, 0.15) is 29.6 Å². The topological polar surface area (TPSA) is 40.5 Å². The van der Waals surface area contributed by atoms with Crippen LogP contribution in [0.4, 0.5) is 0 Å². The maximum Gasteiger partial charge on any atom is 0.257 e. The number of halogens is 1. The van der Waals surface area contributed by atoms with E-state index < -0.39 is 0 Å². The Morgan fingerprint density at radius 3 is 2.76 bits per heavy atom. The van der Waals surface area contributed by atoms with Gasteiger partial charge in [0.1, 0.15) is 5.75 Å². The molecule has 1 aliphatic rings. The summed E-state index contributed by atoms with van der Waals surface area (Å²) in [6, 6.07) is 4.97. The summed E-state index contributed by atoms with van der Waals surface area (Å²) in [7, 11) is 1.79. The zero-order chi connectivity index (χ0) is 12.4. The van der Waals surface area contributed by atoms with Crippen LogP contribution in [0.2, 0.25) is 0 Å². The average Bonchev–Trinajstić information content (AvgIpc) is 2.22. The summed E-state index contributed by atoms with van der Waals surface area (Å²) in [6.45, 7) is 0.786. The molecule has 92 valence electrons. The second kappa shape index (κ2) is 5.08. The fourth-order valence-corrected chi connectivity index (χ4v) is 2.39. The molecule has 1 N–H and O–H groups in total. The van der Waals surface area contributed by atoms with E-state index in [9.17, 15) is 9.90 Å². The molecule has 17 heavy (non-hydrogen) atoms. The lowest BCUT2D eigenvalue weighted by molar-refractivity contribution is 0.0742. The van der Waals surface area contributed by atoms with Gasteiger partial charge >= 0.3 is 0 Å². The second-order valence-electron chi connectivity index (χ2n) is 4.64. The summed E-state index contributed by atoms with van der Waals surface area (Å²) in [5.74, 6) is 0.563. The third-order valence-corrected chi connectivity index (χ3v) is 3.79. The van der Waals surface area contributed by atoms with Gasteiger partial charge in [0.05, 0.1) is 5.56 Å². The lowest BCUT2D eigenvalue weighted by Crippen LogP contribution is -2.34. The van der Waals surface area contributed by atoms with Gasteiger partial charge in [-0.3, -0.25) is 4.79 Å². The zero-order valence-corrected chi connectivity index (χ0v) is 11.4. The first-order valence-electron chi connectivity index (χ1n) is 5.82. The lowest BCUT2D eigenvalue weighted by atomic mass is 9.85. The van der Waals surface area contributed by atoms with Crippen molar-refractivity contribution in [2.75, 3.05) is 13.6 Å². The second-order valence-corrected chi connectivity index (χ2v) is 5.56. The van der Waals surface area contributed by atoms with Crippen LogP contribution >= 0.6 is 15.9 Å². The number of carbonyl (C=O) groups excluding carboxylic acids is 1. The minimum Gasteiger partial charge on any atom is -0.507 e. The van der Waals surface area contributed by atoms with Gasteiger partial charge in [0.15, 0.2) is 0 Å². The third kappa shape index (κ3) is 2.80. The van der Waals surface area contributed by atoms with Crippen LogP contribution in [0.15, 0.2) is 22.7 Å². The minimum atomic E-state index is -0.109. The Morgan fingerprint density at radius 2 is 2.24 bits per heavy atom. The van der Waals surface area contributed by atoms with E-state index in [4.69, 9.17) is 0 Å². The molecule has 1 aliphatic carbocycles. The maximum atomic E-state index is 12.1. The van der Waals surface area contributed by atoms with Crippen molar-refractivity contribution in [2.24, 2.45) is 5.92 Å². The van der Waals surface area contributed by atoms with E-state index in [1.165, 1.54) is 19.3 Å².